The zero-order chi connectivity index (χ0) is 13.9. The summed E-state index contributed by atoms with van der Waals surface area (Å²) in [6.07, 6.45) is 5.56. The first-order valence-corrected chi connectivity index (χ1v) is 7.98. The van der Waals surface area contributed by atoms with E-state index in [2.05, 4.69) is 15.9 Å². The monoisotopic (exact) mass is 292 g/mol. The molecule has 3 heterocycles. The molecule has 1 aromatic rings. The number of carboxylic acids is 1. The van der Waals surface area contributed by atoms with Crippen molar-refractivity contribution >= 4 is 23.4 Å². The number of carboxylic acid groups (broad SMARTS) is 1. The van der Waals surface area contributed by atoms with Gasteiger partial charge < -0.3 is 5.11 Å². The van der Waals surface area contributed by atoms with Crippen LogP contribution in [0.5, 0.6) is 0 Å². The Hall–Kier alpha value is -1.17. The van der Waals surface area contributed by atoms with E-state index in [0.717, 1.165) is 24.0 Å². The number of thiophene rings is 1. The van der Waals surface area contributed by atoms with Gasteiger partial charge in [0.1, 0.15) is 0 Å². The van der Waals surface area contributed by atoms with Crippen molar-refractivity contribution in [2.45, 2.75) is 25.4 Å². The molecule has 0 spiro atoms. The molecule has 0 aliphatic carbocycles. The number of rotatable bonds is 4. The van der Waals surface area contributed by atoms with Crippen molar-refractivity contribution in [3.8, 4) is 0 Å². The summed E-state index contributed by atoms with van der Waals surface area (Å²) in [6.45, 7) is 5.80. The van der Waals surface area contributed by atoms with Gasteiger partial charge in [0.2, 0.25) is 0 Å². The van der Waals surface area contributed by atoms with E-state index in [0.29, 0.717) is 0 Å². The molecule has 108 valence electrons. The van der Waals surface area contributed by atoms with Crippen LogP contribution >= 0.6 is 11.3 Å². The normalized spacial score (nSPS) is 24.3. The minimum absolute atomic E-state index is 0.759. The number of carbonyl (C=O) groups is 1. The van der Waals surface area contributed by atoms with Crippen molar-refractivity contribution in [3.63, 3.8) is 0 Å². The molecule has 1 atom stereocenters. The van der Waals surface area contributed by atoms with Gasteiger partial charge in [-0.1, -0.05) is 0 Å². The van der Waals surface area contributed by atoms with Gasteiger partial charge in [0.15, 0.2) is 0 Å². The zero-order valence-corrected chi connectivity index (χ0v) is 12.3. The van der Waals surface area contributed by atoms with Gasteiger partial charge in [0.05, 0.1) is 0 Å². The summed E-state index contributed by atoms with van der Waals surface area (Å²) in [7, 11) is 0. The maximum absolute atomic E-state index is 10.5. The standard InChI is InChI=1S/C15H20N2O2S/c18-15(19)6-5-13-3-4-14(20-13)11-16-8-9-17-7-1-2-12(17)10-16/h3-6,12H,1-2,7-11H2,(H,18,19)/b6-5+. The average molecular weight is 292 g/mol. The van der Waals surface area contributed by atoms with Crippen LogP contribution in [0.15, 0.2) is 18.2 Å². The maximum Gasteiger partial charge on any atom is 0.328 e. The molecule has 2 saturated heterocycles. The second-order valence-electron chi connectivity index (χ2n) is 5.54. The van der Waals surface area contributed by atoms with Crippen molar-refractivity contribution in [1.82, 2.24) is 9.80 Å². The lowest BCUT2D eigenvalue weighted by molar-refractivity contribution is -0.131. The van der Waals surface area contributed by atoms with Gasteiger partial charge in [-0.15, -0.1) is 11.3 Å². The van der Waals surface area contributed by atoms with Crippen LogP contribution in [0, 0.1) is 0 Å². The summed E-state index contributed by atoms with van der Waals surface area (Å²) in [5, 5.41) is 8.63. The zero-order valence-electron chi connectivity index (χ0n) is 11.5. The van der Waals surface area contributed by atoms with Crippen LogP contribution < -0.4 is 0 Å². The minimum atomic E-state index is -0.891. The molecule has 5 heteroatoms. The molecule has 2 aliphatic heterocycles. The predicted octanol–water partition coefficient (Wildman–Crippen LogP) is 2.13. The Bertz CT molecular complexity index is 512. The predicted molar refractivity (Wildman–Crippen MR) is 80.9 cm³/mol. The lowest BCUT2D eigenvalue weighted by Gasteiger charge is -2.37. The van der Waals surface area contributed by atoms with Gasteiger partial charge in [0.25, 0.3) is 0 Å². The van der Waals surface area contributed by atoms with Crippen LogP contribution in [0.3, 0.4) is 0 Å². The van der Waals surface area contributed by atoms with Gasteiger partial charge in [0, 0.05) is 48.1 Å². The fraction of sp³-hybridized carbons (Fsp3) is 0.533. The number of aliphatic carboxylic acids is 1. The molecule has 2 fully saturated rings. The van der Waals surface area contributed by atoms with E-state index >= 15 is 0 Å². The van der Waals surface area contributed by atoms with Crippen LogP contribution in [0.25, 0.3) is 6.08 Å². The van der Waals surface area contributed by atoms with E-state index in [1.807, 2.05) is 6.07 Å². The van der Waals surface area contributed by atoms with Crippen molar-refractivity contribution in [3.05, 3.63) is 28.0 Å². The van der Waals surface area contributed by atoms with Crippen LogP contribution in [0.4, 0.5) is 0 Å². The number of piperazine rings is 1. The highest BCUT2D eigenvalue weighted by Crippen LogP contribution is 2.24. The quantitative estimate of drug-likeness (QED) is 0.863. The SMILES string of the molecule is O=C(O)/C=C/c1ccc(CN2CCN3CCCC3C2)s1. The second kappa shape index (κ2) is 6.08. The summed E-state index contributed by atoms with van der Waals surface area (Å²) < 4.78 is 0. The van der Waals surface area contributed by atoms with Gasteiger partial charge in [-0.3, -0.25) is 9.80 Å². The van der Waals surface area contributed by atoms with E-state index in [1.165, 1.54) is 43.4 Å². The average Bonchev–Trinajstić information content (AvgIpc) is 3.04. The molecular weight excluding hydrogens is 272 g/mol. The van der Waals surface area contributed by atoms with Crippen molar-refractivity contribution in [2.75, 3.05) is 26.2 Å². The number of nitrogens with zero attached hydrogens (tertiary/aromatic N) is 2. The third-order valence-corrected chi connectivity index (χ3v) is 5.16. The third-order valence-electron chi connectivity index (χ3n) is 4.12. The molecule has 20 heavy (non-hydrogen) atoms. The number of hydrogen-bond donors (Lipinski definition) is 1. The van der Waals surface area contributed by atoms with Crippen LogP contribution in [-0.2, 0) is 11.3 Å². The van der Waals surface area contributed by atoms with Crippen molar-refractivity contribution < 1.29 is 9.90 Å². The van der Waals surface area contributed by atoms with Crippen LogP contribution in [0.1, 0.15) is 22.6 Å². The molecule has 1 N–H and O–H groups in total. The fourth-order valence-corrected chi connectivity index (χ4v) is 4.10. The first-order valence-electron chi connectivity index (χ1n) is 7.17. The molecule has 3 rings (SSSR count). The van der Waals surface area contributed by atoms with Crippen molar-refractivity contribution in [1.29, 1.82) is 0 Å². The smallest absolute Gasteiger partial charge is 0.328 e. The topological polar surface area (TPSA) is 43.8 Å². The Morgan fingerprint density at radius 1 is 1.40 bits per heavy atom. The van der Waals surface area contributed by atoms with Gasteiger partial charge in [-0.05, 0) is 37.6 Å². The highest BCUT2D eigenvalue weighted by Gasteiger charge is 2.30. The van der Waals surface area contributed by atoms with E-state index in [9.17, 15) is 4.79 Å². The maximum atomic E-state index is 10.5. The Morgan fingerprint density at radius 3 is 3.15 bits per heavy atom. The first kappa shape index (κ1) is 13.8. The van der Waals surface area contributed by atoms with Gasteiger partial charge in [-0.2, -0.15) is 0 Å². The molecule has 1 aromatic heterocycles. The molecule has 4 nitrogen and oxygen atoms in total. The van der Waals surface area contributed by atoms with Crippen LogP contribution in [-0.4, -0.2) is 53.1 Å². The highest BCUT2D eigenvalue weighted by atomic mass is 32.1. The molecule has 1 unspecified atom stereocenters. The molecule has 0 aromatic carbocycles. The molecule has 0 amide bonds. The lowest BCUT2D eigenvalue weighted by Crippen LogP contribution is -2.49. The minimum Gasteiger partial charge on any atom is -0.478 e. The summed E-state index contributed by atoms with van der Waals surface area (Å²) in [5.74, 6) is -0.891. The Labute approximate surface area is 123 Å². The molecule has 2 aliphatic rings. The molecule has 0 saturated carbocycles. The van der Waals surface area contributed by atoms with Gasteiger partial charge in [-0.25, -0.2) is 4.79 Å². The Kier molecular flexibility index (Phi) is 4.19. The molecule has 0 radical (unpaired) electrons. The first-order chi connectivity index (χ1) is 9.70. The Morgan fingerprint density at radius 2 is 2.30 bits per heavy atom. The third kappa shape index (κ3) is 3.29. The number of hydrogen-bond acceptors (Lipinski definition) is 4. The lowest BCUT2D eigenvalue weighted by atomic mass is 10.1. The van der Waals surface area contributed by atoms with E-state index < -0.39 is 5.97 Å². The fourth-order valence-electron chi connectivity index (χ4n) is 3.14. The summed E-state index contributed by atoms with van der Waals surface area (Å²) in [6, 6.07) is 4.88. The summed E-state index contributed by atoms with van der Waals surface area (Å²) >= 11 is 1.69. The molecular formula is C15H20N2O2S. The summed E-state index contributed by atoms with van der Waals surface area (Å²) in [4.78, 5) is 18.0. The second-order valence-corrected chi connectivity index (χ2v) is 6.74. The van der Waals surface area contributed by atoms with Gasteiger partial charge >= 0.3 is 5.97 Å². The van der Waals surface area contributed by atoms with Crippen LogP contribution in [0.2, 0.25) is 0 Å². The van der Waals surface area contributed by atoms with E-state index in [1.54, 1.807) is 17.4 Å². The molecule has 0 bridgehead atoms. The van der Waals surface area contributed by atoms with E-state index in [4.69, 9.17) is 5.11 Å². The van der Waals surface area contributed by atoms with Crippen molar-refractivity contribution in [2.24, 2.45) is 0 Å². The number of fused-ring (bicyclic) bond motifs is 1. The summed E-state index contributed by atoms with van der Waals surface area (Å²) in [5.41, 5.74) is 0. The Balaban J connectivity index is 1.56. The largest absolute Gasteiger partial charge is 0.478 e. The van der Waals surface area contributed by atoms with E-state index in [-0.39, 0.29) is 0 Å². The highest BCUT2D eigenvalue weighted by molar-refractivity contribution is 7.12.